The number of fused-ring (bicyclic) bond motifs is 1. The number of aromatic nitrogens is 1. The normalized spacial score (nSPS) is 14.2. The van der Waals surface area contributed by atoms with Crippen molar-refractivity contribution in [3.8, 4) is 5.75 Å². The molecular formula is C17H20N2O. The number of rotatable bonds is 2. The predicted octanol–water partition coefficient (Wildman–Crippen LogP) is 3.36. The molecular weight excluding hydrogens is 248 g/mol. The standard InChI is InChI=1S/C17H20N2O/c1-12-5-7-16-14(10-12)4-3-9-19(16)11-15-17(20)8-6-13(2)18-15/h5-8,10,20H,3-4,9,11H2,1-2H3. The molecule has 2 aromatic rings. The lowest BCUT2D eigenvalue weighted by Gasteiger charge is -2.31. The maximum atomic E-state index is 9.97. The van der Waals surface area contributed by atoms with Crippen LogP contribution in [0.15, 0.2) is 30.3 Å². The fourth-order valence-corrected chi connectivity index (χ4v) is 2.87. The highest BCUT2D eigenvalue weighted by Crippen LogP contribution is 2.30. The monoisotopic (exact) mass is 268 g/mol. The third-order valence-corrected chi connectivity index (χ3v) is 3.88. The van der Waals surface area contributed by atoms with Crippen molar-refractivity contribution in [2.45, 2.75) is 33.2 Å². The summed E-state index contributed by atoms with van der Waals surface area (Å²) in [5, 5.41) is 9.97. The fourth-order valence-electron chi connectivity index (χ4n) is 2.87. The summed E-state index contributed by atoms with van der Waals surface area (Å²) in [4.78, 5) is 6.78. The molecule has 0 aliphatic carbocycles. The van der Waals surface area contributed by atoms with Crippen molar-refractivity contribution < 1.29 is 5.11 Å². The molecule has 1 N–H and O–H groups in total. The van der Waals surface area contributed by atoms with Crippen LogP contribution in [0.3, 0.4) is 0 Å². The average molecular weight is 268 g/mol. The molecule has 1 aromatic heterocycles. The van der Waals surface area contributed by atoms with Crippen LogP contribution in [0, 0.1) is 13.8 Å². The van der Waals surface area contributed by atoms with Crippen LogP contribution in [0.25, 0.3) is 0 Å². The minimum atomic E-state index is 0.287. The van der Waals surface area contributed by atoms with Crippen LogP contribution >= 0.6 is 0 Å². The first kappa shape index (κ1) is 13.0. The van der Waals surface area contributed by atoms with Crippen LogP contribution in [0.5, 0.6) is 5.75 Å². The van der Waals surface area contributed by atoms with Crippen LogP contribution in [0.2, 0.25) is 0 Å². The van der Waals surface area contributed by atoms with Crippen LogP contribution in [-0.4, -0.2) is 16.6 Å². The van der Waals surface area contributed by atoms with Crippen LogP contribution in [-0.2, 0) is 13.0 Å². The Labute approximate surface area is 119 Å². The number of nitrogens with zero attached hydrogens (tertiary/aromatic N) is 2. The fraction of sp³-hybridized carbons (Fsp3) is 0.353. The molecule has 1 aliphatic heterocycles. The molecule has 0 saturated heterocycles. The molecule has 20 heavy (non-hydrogen) atoms. The molecule has 0 bridgehead atoms. The van der Waals surface area contributed by atoms with Crippen LogP contribution in [0.4, 0.5) is 5.69 Å². The molecule has 2 heterocycles. The Morgan fingerprint density at radius 3 is 2.90 bits per heavy atom. The molecule has 3 rings (SSSR count). The molecule has 0 fully saturated rings. The summed E-state index contributed by atoms with van der Waals surface area (Å²) < 4.78 is 0. The van der Waals surface area contributed by atoms with Gasteiger partial charge in [0.1, 0.15) is 11.4 Å². The van der Waals surface area contributed by atoms with Crippen molar-refractivity contribution in [3.05, 3.63) is 52.8 Å². The number of aryl methyl sites for hydroxylation is 3. The Morgan fingerprint density at radius 2 is 2.05 bits per heavy atom. The van der Waals surface area contributed by atoms with Crippen molar-refractivity contribution in [2.75, 3.05) is 11.4 Å². The first-order valence-corrected chi connectivity index (χ1v) is 7.13. The summed E-state index contributed by atoms with van der Waals surface area (Å²) in [6.07, 6.45) is 2.30. The summed E-state index contributed by atoms with van der Waals surface area (Å²) in [6.45, 7) is 5.78. The zero-order valence-corrected chi connectivity index (χ0v) is 12.1. The second-order valence-electron chi connectivity index (χ2n) is 5.58. The van der Waals surface area contributed by atoms with Crippen molar-refractivity contribution in [1.29, 1.82) is 0 Å². The molecule has 0 atom stereocenters. The van der Waals surface area contributed by atoms with Gasteiger partial charge in [-0.05, 0) is 50.5 Å². The first-order valence-electron chi connectivity index (χ1n) is 7.13. The third kappa shape index (κ3) is 2.48. The number of aromatic hydroxyl groups is 1. The van der Waals surface area contributed by atoms with Gasteiger partial charge in [0.25, 0.3) is 0 Å². The maximum absolute atomic E-state index is 9.97. The molecule has 1 aromatic carbocycles. The smallest absolute Gasteiger partial charge is 0.138 e. The second-order valence-corrected chi connectivity index (χ2v) is 5.58. The first-order chi connectivity index (χ1) is 9.63. The van der Waals surface area contributed by atoms with Gasteiger partial charge in [-0.25, -0.2) is 0 Å². The van der Waals surface area contributed by atoms with E-state index in [1.165, 1.54) is 16.8 Å². The van der Waals surface area contributed by atoms with E-state index in [-0.39, 0.29) is 5.75 Å². The number of hydrogen-bond acceptors (Lipinski definition) is 3. The van der Waals surface area contributed by atoms with Gasteiger partial charge in [-0.2, -0.15) is 0 Å². The average Bonchev–Trinajstić information content (AvgIpc) is 2.43. The Balaban J connectivity index is 1.91. The van der Waals surface area contributed by atoms with Gasteiger partial charge in [-0.1, -0.05) is 17.7 Å². The van der Waals surface area contributed by atoms with Gasteiger partial charge in [0.2, 0.25) is 0 Å². The largest absolute Gasteiger partial charge is 0.506 e. The van der Waals surface area contributed by atoms with Gasteiger partial charge in [-0.15, -0.1) is 0 Å². The maximum Gasteiger partial charge on any atom is 0.138 e. The van der Waals surface area contributed by atoms with E-state index < -0.39 is 0 Å². The quantitative estimate of drug-likeness (QED) is 0.907. The Morgan fingerprint density at radius 1 is 1.20 bits per heavy atom. The van der Waals surface area contributed by atoms with Gasteiger partial charge in [-0.3, -0.25) is 4.98 Å². The van der Waals surface area contributed by atoms with E-state index in [9.17, 15) is 5.11 Å². The highest BCUT2D eigenvalue weighted by Gasteiger charge is 2.18. The molecule has 3 heteroatoms. The number of pyridine rings is 1. The lowest BCUT2D eigenvalue weighted by molar-refractivity contribution is 0.461. The topological polar surface area (TPSA) is 36.4 Å². The van der Waals surface area contributed by atoms with E-state index in [2.05, 4.69) is 35.0 Å². The Hall–Kier alpha value is -2.03. The lowest BCUT2D eigenvalue weighted by Crippen LogP contribution is -2.29. The van der Waals surface area contributed by atoms with Gasteiger partial charge < -0.3 is 10.0 Å². The summed E-state index contributed by atoms with van der Waals surface area (Å²) >= 11 is 0. The molecule has 0 saturated carbocycles. The molecule has 1 aliphatic rings. The van der Waals surface area contributed by atoms with Crippen molar-refractivity contribution in [3.63, 3.8) is 0 Å². The number of benzene rings is 1. The van der Waals surface area contributed by atoms with Crippen LogP contribution in [0.1, 0.15) is 28.9 Å². The van der Waals surface area contributed by atoms with E-state index in [0.29, 0.717) is 6.54 Å². The summed E-state index contributed by atoms with van der Waals surface area (Å²) in [7, 11) is 0. The second kappa shape index (κ2) is 5.16. The molecule has 0 amide bonds. The van der Waals surface area contributed by atoms with Crippen molar-refractivity contribution >= 4 is 5.69 Å². The summed E-state index contributed by atoms with van der Waals surface area (Å²) in [5.41, 5.74) is 5.70. The summed E-state index contributed by atoms with van der Waals surface area (Å²) in [6, 6.07) is 10.2. The zero-order chi connectivity index (χ0) is 14.1. The SMILES string of the molecule is Cc1ccc2c(c1)CCCN2Cc1nc(C)ccc1O. The minimum absolute atomic E-state index is 0.287. The van der Waals surface area contributed by atoms with E-state index >= 15 is 0 Å². The Bertz CT molecular complexity index is 637. The zero-order valence-electron chi connectivity index (χ0n) is 12.1. The minimum Gasteiger partial charge on any atom is -0.506 e. The predicted molar refractivity (Wildman–Crippen MR) is 81.2 cm³/mol. The van der Waals surface area contributed by atoms with Gasteiger partial charge >= 0.3 is 0 Å². The molecule has 0 unspecified atom stereocenters. The van der Waals surface area contributed by atoms with Crippen molar-refractivity contribution in [1.82, 2.24) is 4.98 Å². The molecule has 104 valence electrons. The van der Waals surface area contributed by atoms with E-state index in [4.69, 9.17) is 0 Å². The third-order valence-electron chi connectivity index (χ3n) is 3.88. The molecule has 0 spiro atoms. The number of anilines is 1. The van der Waals surface area contributed by atoms with E-state index in [1.54, 1.807) is 6.07 Å². The Kier molecular flexibility index (Phi) is 3.35. The summed E-state index contributed by atoms with van der Waals surface area (Å²) in [5.74, 6) is 0.287. The highest BCUT2D eigenvalue weighted by molar-refractivity contribution is 5.57. The number of hydrogen-bond donors (Lipinski definition) is 1. The molecule has 3 nitrogen and oxygen atoms in total. The van der Waals surface area contributed by atoms with Crippen LogP contribution < -0.4 is 4.90 Å². The van der Waals surface area contributed by atoms with Crippen molar-refractivity contribution in [2.24, 2.45) is 0 Å². The highest BCUT2D eigenvalue weighted by atomic mass is 16.3. The molecule has 0 radical (unpaired) electrons. The lowest BCUT2D eigenvalue weighted by atomic mass is 9.99. The van der Waals surface area contributed by atoms with E-state index in [0.717, 1.165) is 30.8 Å². The van der Waals surface area contributed by atoms with Gasteiger partial charge in [0.15, 0.2) is 0 Å². The van der Waals surface area contributed by atoms with Gasteiger partial charge in [0.05, 0.1) is 6.54 Å². The van der Waals surface area contributed by atoms with E-state index in [1.807, 2.05) is 13.0 Å². The van der Waals surface area contributed by atoms with Gasteiger partial charge in [0, 0.05) is 17.9 Å².